The maximum absolute atomic E-state index is 10.7. The lowest BCUT2D eigenvalue weighted by Crippen LogP contribution is -1.95. The Kier molecular flexibility index (Phi) is 2.60. The Morgan fingerprint density at radius 2 is 1.74 bits per heavy atom. The molecule has 92 valence electrons. The van der Waals surface area contributed by atoms with E-state index in [0.29, 0.717) is 22.4 Å². The summed E-state index contributed by atoms with van der Waals surface area (Å²) in [6.07, 6.45) is 0. The molecular weight excluding hydrogens is 244 g/mol. The van der Waals surface area contributed by atoms with E-state index in [1.807, 2.05) is 24.3 Å². The molecule has 6 nitrogen and oxygen atoms in total. The Balaban J connectivity index is 2.13. The first-order valence-electron chi connectivity index (χ1n) is 5.58. The minimum absolute atomic E-state index is 0.00857. The minimum Gasteiger partial charge on any atom is -0.258 e. The van der Waals surface area contributed by atoms with Gasteiger partial charge in [0.15, 0.2) is 5.82 Å². The van der Waals surface area contributed by atoms with Crippen LogP contribution < -0.4 is 0 Å². The third kappa shape index (κ3) is 2.11. The molecule has 0 N–H and O–H groups in total. The van der Waals surface area contributed by atoms with Crippen molar-refractivity contribution in [3.8, 4) is 11.4 Å². The van der Waals surface area contributed by atoms with Crippen LogP contribution in [0.3, 0.4) is 0 Å². The number of hydrogen-bond donors (Lipinski definition) is 0. The van der Waals surface area contributed by atoms with Crippen molar-refractivity contribution in [1.29, 1.82) is 0 Å². The summed E-state index contributed by atoms with van der Waals surface area (Å²) in [5.41, 5.74) is 1.98. The zero-order valence-electron chi connectivity index (χ0n) is 9.72. The lowest BCUT2D eigenvalue weighted by molar-refractivity contribution is -0.384. The molecule has 0 radical (unpaired) electrons. The van der Waals surface area contributed by atoms with E-state index >= 15 is 0 Å². The van der Waals surface area contributed by atoms with E-state index in [2.05, 4.69) is 15.2 Å². The second-order valence-corrected chi connectivity index (χ2v) is 3.93. The first-order valence-corrected chi connectivity index (χ1v) is 5.58. The summed E-state index contributed by atoms with van der Waals surface area (Å²) in [6, 6.07) is 13.5. The third-order valence-corrected chi connectivity index (χ3v) is 2.68. The van der Waals surface area contributed by atoms with Gasteiger partial charge in [-0.3, -0.25) is 10.1 Å². The fourth-order valence-electron chi connectivity index (χ4n) is 1.76. The smallest absolute Gasteiger partial charge is 0.258 e. The highest BCUT2D eigenvalue weighted by Gasteiger charge is 2.09. The Morgan fingerprint density at radius 1 is 0.947 bits per heavy atom. The second kappa shape index (κ2) is 4.41. The number of nitro benzene ring substituents is 1. The summed E-state index contributed by atoms with van der Waals surface area (Å²) in [6.45, 7) is 0. The van der Waals surface area contributed by atoms with Gasteiger partial charge in [0.25, 0.3) is 5.69 Å². The van der Waals surface area contributed by atoms with E-state index in [1.54, 1.807) is 12.1 Å². The van der Waals surface area contributed by atoms with Crippen molar-refractivity contribution in [1.82, 2.24) is 15.2 Å². The largest absolute Gasteiger partial charge is 0.270 e. The molecule has 0 atom stereocenters. The van der Waals surface area contributed by atoms with Gasteiger partial charge in [-0.05, 0) is 12.1 Å². The first kappa shape index (κ1) is 11.2. The van der Waals surface area contributed by atoms with Gasteiger partial charge in [0.2, 0.25) is 0 Å². The molecule has 0 saturated heterocycles. The van der Waals surface area contributed by atoms with Gasteiger partial charge >= 0.3 is 0 Å². The molecule has 1 aromatic heterocycles. The summed E-state index contributed by atoms with van der Waals surface area (Å²) >= 11 is 0. The van der Waals surface area contributed by atoms with Crippen LogP contribution in [-0.2, 0) is 0 Å². The third-order valence-electron chi connectivity index (χ3n) is 2.68. The molecule has 0 amide bonds. The zero-order chi connectivity index (χ0) is 13.2. The predicted molar refractivity (Wildman–Crippen MR) is 69.4 cm³/mol. The molecule has 0 bridgehead atoms. The Morgan fingerprint density at radius 3 is 2.53 bits per heavy atom. The fourth-order valence-corrected chi connectivity index (χ4v) is 1.76. The molecule has 3 aromatic rings. The van der Waals surface area contributed by atoms with Gasteiger partial charge in [-0.15, -0.1) is 10.2 Å². The normalized spacial score (nSPS) is 10.5. The SMILES string of the molecule is O=[N+]([O-])c1cccc(-c2nnc3ccccc3n2)c1. The standard InChI is InChI=1S/C13H8N4O2/c18-17(19)10-5-3-4-9(8-10)13-14-11-6-1-2-7-12(11)15-16-13/h1-8H. The number of nitrogens with zero attached hydrogens (tertiary/aromatic N) is 4. The summed E-state index contributed by atoms with van der Waals surface area (Å²) < 4.78 is 0. The van der Waals surface area contributed by atoms with Gasteiger partial charge in [0.1, 0.15) is 5.52 Å². The predicted octanol–water partition coefficient (Wildman–Crippen LogP) is 2.60. The first-order chi connectivity index (χ1) is 9.24. The topological polar surface area (TPSA) is 81.8 Å². The monoisotopic (exact) mass is 252 g/mol. The maximum Gasteiger partial charge on any atom is 0.270 e. The molecular formula is C13H8N4O2. The van der Waals surface area contributed by atoms with Crippen molar-refractivity contribution < 1.29 is 4.92 Å². The van der Waals surface area contributed by atoms with E-state index in [0.717, 1.165) is 0 Å². The summed E-state index contributed by atoms with van der Waals surface area (Å²) in [4.78, 5) is 14.6. The van der Waals surface area contributed by atoms with Crippen molar-refractivity contribution in [3.05, 3.63) is 58.6 Å². The Labute approximate surface area is 107 Å². The quantitative estimate of drug-likeness (QED) is 0.517. The molecule has 0 unspecified atom stereocenters. The molecule has 0 aliphatic heterocycles. The molecule has 0 spiro atoms. The van der Waals surface area contributed by atoms with Gasteiger partial charge in [-0.1, -0.05) is 24.3 Å². The lowest BCUT2D eigenvalue weighted by atomic mass is 10.2. The van der Waals surface area contributed by atoms with Gasteiger partial charge in [0.05, 0.1) is 10.4 Å². The van der Waals surface area contributed by atoms with Gasteiger partial charge < -0.3 is 0 Å². The number of hydrogen-bond acceptors (Lipinski definition) is 5. The van der Waals surface area contributed by atoms with E-state index in [1.165, 1.54) is 12.1 Å². The molecule has 2 aromatic carbocycles. The number of rotatable bonds is 2. The van der Waals surface area contributed by atoms with Crippen LogP contribution in [0.2, 0.25) is 0 Å². The van der Waals surface area contributed by atoms with E-state index in [-0.39, 0.29) is 5.69 Å². The molecule has 1 heterocycles. The van der Waals surface area contributed by atoms with Gasteiger partial charge in [-0.25, -0.2) is 4.98 Å². The van der Waals surface area contributed by atoms with Crippen molar-refractivity contribution in [2.75, 3.05) is 0 Å². The fraction of sp³-hybridized carbons (Fsp3) is 0. The second-order valence-electron chi connectivity index (χ2n) is 3.93. The summed E-state index contributed by atoms with van der Waals surface area (Å²) in [5, 5.41) is 18.8. The summed E-state index contributed by atoms with van der Waals surface area (Å²) in [5.74, 6) is 0.377. The van der Waals surface area contributed by atoms with Crippen LogP contribution in [0.5, 0.6) is 0 Å². The number of fused-ring (bicyclic) bond motifs is 1. The summed E-state index contributed by atoms with van der Waals surface area (Å²) in [7, 11) is 0. The highest BCUT2D eigenvalue weighted by Crippen LogP contribution is 2.21. The van der Waals surface area contributed by atoms with Crippen molar-refractivity contribution >= 4 is 16.7 Å². The molecule has 3 rings (SSSR count). The number of aromatic nitrogens is 3. The average molecular weight is 252 g/mol. The number of nitro groups is 1. The Hall–Kier alpha value is -2.89. The molecule has 0 saturated carbocycles. The van der Waals surface area contributed by atoms with Crippen LogP contribution in [0.25, 0.3) is 22.4 Å². The molecule has 6 heteroatoms. The highest BCUT2D eigenvalue weighted by molar-refractivity contribution is 5.75. The van der Waals surface area contributed by atoms with Crippen LogP contribution in [-0.4, -0.2) is 20.1 Å². The maximum atomic E-state index is 10.7. The molecule has 0 fully saturated rings. The average Bonchev–Trinajstić information content (AvgIpc) is 2.47. The van der Waals surface area contributed by atoms with E-state index in [4.69, 9.17) is 0 Å². The minimum atomic E-state index is -0.446. The van der Waals surface area contributed by atoms with Crippen molar-refractivity contribution in [3.63, 3.8) is 0 Å². The van der Waals surface area contributed by atoms with Crippen LogP contribution in [0.4, 0.5) is 5.69 Å². The molecule has 0 aliphatic carbocycles. The molecule has 0 aliphatic rings. The van der Waals surface area contributed by atoms with Crippen LogP contribution in [0, 0.1) is 10.1 Å². The Bertz CT molecular complexity index is 773. The number of para-hydroxylation sites is 1. The van der Waals surface area contributed by atoms with Gasteiger partial charge in [-0.2, -0.15) is 0 Å². The van der Waals surface area contributed by atoms with Crippen molar-refractivity contribution in [2.45, 2.75) is 0 Å². The van der Waals surface area contributed by atoms with Crippen molar-refractivity contribution in [2.24, 2.45) is 0 Å². The van der Waals surface area contributed by atoms with Gasteiger partial charge in [0, 0.05) is 17.7 Å². The van der Waals surface area contributed by atoms with Crippen LogP contribution in [0.15, 0.2) is 48.5 Å². The van der Waals surface area contributed by atoms with E-state index in [9.17, 15) is 10.1 Å². The van der Waals surface area contributed by atoms with Crippen LogP contribution in [0.1, 0.15) is 0 Å². The lowest BCUT2D eigenvalue weighted by Gasteiger charge is -2.01. The number of benzene rings is 2. The highest BCUT2D eigenvalue weighted by atomic mass is 16.6. The zero-order valence-corrected chi connectivity index (χ0v) is 9.72. The van der Waals surface area contributed by atoms with Crippen LogP contribution >= 0.6 is 0 Å². The number of non-ortho nitro benzene ring substituents is 1. The molecule has 19 heavy (non-hydrogen) atoms. The van der Waals surface area contributed by atoms with E-state index < -0.39 is 4.92 Å².